The van der Waals surface area contributed by atoms with E-state index in [2.05, 4.69) is 15.7 Å². The fraction of sp³-hybridized carbons (Fsp3) is 0.300. The predicted octanol–water partition coefficient (Wildman–Crippen LogP) is 3.09. The molecule has 2 aromatic heterocycles. The van der Waals surface area contributed by atoms with Gasteiger partial charge in [-0.05, 0) is 38.3 Å². The van der Waals surface area contributed by atoms with E-state index in [1.54, 1.807) is 4.52 Å². The minimum atomic E-state index is -0.434. The van der Waals surface area contributed by atoms with Gasteiger partial charge in [-0.2, -0.15) is 5.10 Å². The average Bonchev–Trinajstić information content (AvgIpc) is 3.39. The number of carbonyl (C=O) groups excluding carboxylic acids is 2. The first-order valence-corrected chi connectivity index (χ1v) is 10.2. The summed E-state index contributed by atoms with van der Waals surface area (Å²) in [7, 11) is 0. The summed E-state index contributed by atoms with van der Waals surface area (Å²) in [5.74, 6) is -0.273. The Morgan fingerprint density at radius 1 is 1.21 bits per heavy atom. The highest BCUT2D eigenvalue weighted by atomic mass is 32.2. The van der Waals surface area contributed by atoms with Crippen molar-refractivity contribution in [3.63, 3.8) is 0 Å². The zero-order chi connectivity index (χ0) is 19.7. The lowest BCUT2D eigenvalue weighted by Crippen LogP contribution is -2.41. The number of nitrogens with one attached hydrogen (secondary N) is 2. The number of amides is 3. The number of imidazole rings is 1. The second-order valence-electron chi connectivity index (χ2n) is 6.92. The maximum atomic E-state index is 12.1. The van der Waals surface area contributed by atoms with E-state index in [-0.39, 0.29) is 17.7 Å². The van der Waals surface area contributed by atoms with Gasteiger partial charge in [-0.3, -0.25) is 10.1 Å². The van der Waals surface area contributed by atoms with Crippen molar-refractivity contribution >= 4 is 29.2 Å². The van der Waals surface area contributed by atoms with Gasteiger partial charge in [-0.25, -0.2) is 14.3 Å². The highest BCUT2D eigenvalue weighted by Crippen LogP contribution is 2.30. The molecule has 0 atom stereocenters. The second kappa shape index (κ2) is 7.63. The third kappa shape index (κ3) is 4.01. The largest absolute Gasteiger partial charge is 0.335 e. The van der Waals surface area contributed by atoms with Crippen LogP contribution in [0.15, 0.2) is 41.6 Å². The highest BCUT2D eigenvalue weighted by molar-refractivity contribution is 7.99. The lowest BCUT2D eigenvalue weighted by Gasteiger charge is -2.06. The van der Waals surface area contributed by atoms with Crippen molar-refractivity contribution in [2.45, 2.75) is 37.9 Å². The van der Waals surface area contributed by atoms with Crippen molar-refractivity contribution < 1.29 is 9.59 Å². The summed E-state index contributed by atoms with van der Waals surface area (Å²) in [6, 6.07) is 11.7. The molecular weight excluding hydrogens is 374 g/mol. The predicted molar refractivity (Wildman–Crippen MR) is 108 cm³/mol. The molecule has 2 heterocycles. The van der Waals surface area contributed by atoms with Crippen LogP contribution in [-0.2, 0) is 4.79 Å². The number of fused-ring (bicyclic) bond motifs is 1. The summed E-state index contributed by atoms with van der Waals surface area (Å²) in [5, 5.41) is 10.3. The number of aryl methyl sites for hydroxylation is 2. The molecule has 2 N–H and O–H groups in total. The van der Waals surface area contributed by atoms with E-state index in [0.717, 1.165) is 40.9 Å². The molecule has 3 aromatic rings. The summed E-state index contributed by atoms with van der Waals surface area (Å²) in [6.07, 6.45) is 1.95. The standard InChI is InChI=1S/C20H21N5O2S/c1-12-10-13(2)24-25-18(12)17(14-6-4-3-5-7-14)23-20(25)28-11-16(26)22-19(27)21-15-8-9-15/h3-7,10,15H,8-9,11H2,1-2H3,(H2,21,22,26,27). The van der Waals surface area contributed by atoms with Gasteiger partial charge in [0.25, 0.3) is 0 Å². The molecule has 1 saturated carbocycles. The molecule has 7 nitrogen and oxygen atoms in total. The Kier molecular flexibility index (Phi) is 5.04. The van der Waals surface area contributed by atoms with E-state index in [0.29, 0.717) is 5.16 Å². The fourth-order valence-electron chi connectivity index (χ4n) is 3.04. The zero-order valence-corrected chi connectivity index (χ0v) is 16.5. The van der Waals surface area contributed by atoms with Crippen molar-refractivity contribution in [1.82, 2.24) is 25.2 Å². The normalized spacial score (nSPS) is 13.5. The van der Waals surface area contributed by atoms with Crippen LogP contribution in [-0.4, -0.2) is 38.3 Å². The molecule has 3 amide bonds. The van der Waals surface area contributed by atoms with Crippen molar-refractivity contribution in [2.75, 3.05) is 5.75 Å². The van der Waals surface area contributed by atoms with Crippen LogP contribution in [0, 0.1) is 13.8 Å². The fourth-order valence-corrected chi connectivity index (χ4v) is 3.78. The first-order chi connectivity index (χ1) is 13.5. The Morgan fingerprint density at radius 2 is 1.96 bits per heavy atom. The number of hydrogen-bond donors (Lipinski definition) is 2. The van der Waals surface area contributed by atoms with Crippen molar-refractivity contribution in [3.8, 4) is 11.3 Å². The number of nitrogens with zero attached hydrogens (tertiary/aromatic N) is 3. The molecule has 1 fully saturated rings. The monoisotopic (exact) mass is 395 g/mol. The Morgan fingerprint density at radius 3 is 2.68 bits per heavy atom. The average molecular weight is 395 g/mol. The molecule has 0 aliphatic heterocycles. The zero-order valence-electron chi connectivity index (χ0n) is 15.7. The number of thioether (sulfide) groups is 1. The lowest BCUT2D eigenvalue weighted by atomic mass is 10.1. The molecule has 1 aliphatic carbocycles. The van der Waals surface area contributed by atoms with Gasteiger partial charge < -0.3 is 5.32 Å². The van der Waals surface area contributed by atoms with Crippen LogP contribution in [0.5, 0.6) is 0 Å². The lowest BCUT2D eigenvalue weighted by molar-refractivity contribution is -0.117. The van der Waals surface area contributed by atoms with E-state index in [1.807, 2.05) is 50.2 Å². The molecule has 0 unspecified atom stereocenters. The van der Waals surface area contributed by atoms with Gasteiger partial charge in [-0.1, -0.05) is 42.1 Å². The van der Waals surface area contributed by atoms with Crippen LogP contribution >= 0.6 is 11.8 Å². The minimum Gasteiger partial charge on any atom is -0.335 e. The van der Waals surface area contributed by atoms with Gasteiger partial charge in [-0.15, -0.1) is 0 Å². The molecule has 4 rings (SSSR count). The Bertz CT molecular complexity index is 1040. The first-order valence-electron chi connectivity index (χ1n) is 9.17. The van der Waals surface area contributed by atoms with Crippen molar-refractivity contribution in [1.29, 1.82) is 0 Å². The SMILES string of the molecule is Cc1cc(C)c2c(-c3ccccc3)nc(SCC(=O)NC(=O)NC3CC3)n2n1. The van der Waals surface area contributed by atoms with E-state index >= 15 is 0 Å². The van der Waals surface area contributed by atoms with Gasteiger partial charge in [0.15, 0.2) is 5.16 Å². The molecule has 8 heteroatoms. The number of benzene rings is 1. The molecule has 0 bridgehead atoms. The van der Waals surface area contributed by atoms with Gasteiger partial charge in [0, 0.05) is 11.6 Å². The van der Waals surface area contributed by atoms with Crippen LogP contribution in [0.3, 0.4) is 0 Å². The highest BCUT2D eigenvalue weighted by Gasteiger charge is 2.24. The topological polar surface area (TPSA) is 88.4 Å². The van der Waals surface area contributed by atoms with Gasteiger partial charge in [0.05, 0.1) is 22.7 Å². The van der Waals surface area contributed by atoms with Crippen LogP contribution in [0.2, 0.25) is 0 Å². The number of aromatic nitrogens is 3. The Hall–Kier alpha value is -2.87. The summed E-state index contributed by atoms with van der Waals surface area (Å²) in [4.78, 5) is 28.6. The number of rotatable bonds is 5. The molecule has 1 aromatic carbocycles. The maximum absolute atomic E-state index is 12.1. The minimum absolute atomic E-state index is 0.0834. The number of imide groups is 1. The summed E-state index contributed by atoms with van der Waals surface area (Å²) < 4.78 is 1.79. The quantitative estimate of drug-likeness (QED) is 0.648. The van der Waals surface area contributed by atoms with E-state index < -0.39 is 6.03 Å². The Balaban J connectivity index is 1.58. The Labute approximate surface area is 166 Å². The van der Waals surface area contributed by atoms with Gasteiger partial charge in [0.1, 0.15) is 0 Å². The third-order valence-corrected chi connectivity index (χ3v) is 5.36. The number of urea groups is 1. The van der Waals surface area contributed by atoms with Gasteiger partial charge in [0.2, 0.25) is 5.91 Å². The molecule has 0 spiro atoms. The van der Waals surface area contributed by atoms with Gasteiger partial charge >= 0.3 is 6.03 Å². The molecule has 0 radical (unpaired) electrons. The van der Waals surface area contributed by atoms with Crippen LogP contribution in [0.1, 0.15) is 24.1 Å². The summed E-state index contributed by atoms with van der Waals surface area (Å²) in [6.45, 7) is 3.96. The van der Waals surface area contributed by atoms with Crippen LogP contribution in [0.4, 0.5) is 4.79 Å². The number of carbonyl (C=O) groups is 2. The third-order valence-electron chi connectivity index (χ3n) is 4.43. The van der Waals surface area contributed by atoms with E-state index in [9.17, 15) is 9.59 Å². The summed E-state index contributed by atoms with van der Waals surface area (Å²) >= 11 is 1.26. The first kappa shape index (κ1) is 18.5. The maximum Gasteiger partial charge on any atom is 0.321 e. The second-order valence-corrected chi connectivity index (χ2v) is 7.87. The number of hydrogen-bond acceptors (Lipinski definition) is 5. The van der Waals surface area contributed by atoms with Crippen molar-refractivity contribution in [3.05, 3.63) is 47.7 Å². The van der Waals surface area contributed by atoms with Crippen molar-refractivity contribution in [2.24, 2.45) is 0 Å². The smallest absolute Gasteiger partial charge is 0.321 e. The van der Waals surface area contributed by atoms with E-state index in [1.165, 1.54) is 11.8 Å². The molecule has 1 aliphatic rings. The molecular formula is C20H21N5O2S. The van der Waals surface area contributed by atoms with Crippen LogP contribution in [0.25, 0.3) is 16.8 Å². The molecule has 28 heavy (non-hydrogen) atoms. The molecule has 0 saturated heterocycles. The van der Waals surface area contributed by atoms with E-state index in [4.69, 9.17) is 4.98 Å². The van der Waals surface area contributed by atoms with Crippen LogP contribution < -0.4 is 10.6 Å². The molecule has 144 valence electrons. The summed E-state index contributed by atoms with van der Waals surface area (Å²) in [5.41, 5.74) is 4.69.